The van der Waals surface area contributed by atoms with E-state index in [2.05, 4.69) is 21.9 Å². The van der Waals surface area contributed by atoms with Crippen molar-refractivity contribution in [1.29, 1.82) is 0 Å². The van der Waals surface area contributed by atoms with E-state index in [-0.39, 0.29) is 5.91 Å². The Morgan fingerprint density at radius 3 is 2.64 bits per heavy atom. The molecule has 0 spiro atoms. The summed E-state index contributed by atoms with van der Waals surface area (Å²) in [7, 11) is 0. The predicted molar refractivity (Wildman–Crippen MR) is 83.3 cm³/mol. The monoisotopic (exact) mass is 306 g/mol. The zero-order valence-corrected chi connectivity index (χ0v) is 13.8. The number of hydrogen-bond donors (Lipinski definition) is 0. The third kappa shape index (κ3) is 3.33. The van der Waals surface area contributed by atoms with Gasteiger partial charge in [-0.05, 0) is 12.8 Å². The third-order valence-corrected chi connectivity index (χ3v) is 4.93. The second kappa shape index (κ2) is 6.38. The Morgan fingerprint density at radius 2 is 2.05 bits per heavy atom. The first-order chi connectivity index (χ1) is 10.5. The van der Waals surface area contributed by atoms with Crippen LogP contribution in [0.4, 0.5) is 0 Å². The second-order valence-electron chi connectivity index (χ2n) is 6.72. The molecule has 0 unspecified atom stereocenters. The molecule has 0 bridgehead atoms. The van der Waals surface area contributed by atoms with Gasteiger partial charge in [0.05, 0.1) is 12.2 Å². The maximum atomic E-state index is 11.4. The van der Waals surface area contributed by atoms with E-state index >= 15 is 0 Å². The van der Waals surface area contributed by atoms with E-state index in [1.54, 1.807) is 6.92 Å². The van der Waals surface area contributed by atoms with Gasteiger partial charge in [-0.1, -0.05) is 12.1 Å². The highest BCUT2D eigenvalue weighted by atomic mass is 16.5. The van der Waals surface area contributed by atoms with Gasteiger partial charge in [0.2, 0.25) is 5.91 Å². The van der Waals surface area contributed by atoms with Crippen LogP contribution in [0.5, 0.6) is 0 Å². The van der Waals surface area contributed by atoms with Crippen LogP contribution in [0.15, 0.2) is 10.6 Å². The molecule has 0 N–H and O–H groups in total. The number of aryl methyl sites for hydroxylation is 1. The van der Waals surface area contributed by atoms with Crippen LogP contribution in [0, 0.1) is 12.8 Å². The van der Waals surface area contributed by atoms with Gasteiger partial charge in [0.15, 0.2) is 5.76 Å². The molecule has 2 atom stereocenters. The van der Waals surface area contributed by atoms with Crippen molar-refractivity contribution >= 4 is 5.91 Å². The molecule has 0 aliphatic carbocycles. The molecule has 3 heterocycles. The van der Waals surface area contributed by atoms with Crippen molar-refractivity contribution < 1.29 is 9.32 Å². The summed E-state index contributed by atoms with van der Waals surface area (Å²) in [4.78, 5) is 18.4. The highest BCUT2D eigenvalue weighted by Gasteiger charge is 2.35. The minimum atomic E-state index is 0.196. The number of piperazine rings is 1. The molecular formula is C16H26N4O2. The van der Waals surface area contributed by atoms with E-state index in [0.717, 1.165) is 57.3 Å². The van der Waals surface area contributed by atoms with Crippen molar-refractivity contribution in [2.45, 2.75) is 33.4 Å². The van der Waals surface area contributed by atoms with Gasteiger partial charge in [0.1, 0.15) is 0 Å². The van der Waals surface area contributed by atoms with Crippen LogP contribution in [0.3, 0.4) is 0 Å². The third-order valence-electron chi connectivity index (χ3n) is 4.93. The maximum Gasteiger partial charge on any atom is 0.219 e. The Bertz CT molecular complexity index is 522. The maximum absolute atomic E-state index is 11.4. The average molecular weight is 306 g/mol. The lowest BCUT2D eigenvalue weighted by Gasteiger charge is -2.39. The van der Waals surface area contributed by atoms with Crippen molar-refractivity contribution in [2.75, 3.05) is 39.3 Å². The lowest BCUT2D eigenvalue weighted by Crippen LogP contribution is -2.53. The summed E-state index contributed by atoms with van der Waals surface area (Å²) in [5.74, 6) is 1.79. The number of aromatic nitrogens is 1. The molecule has 1 aromatic rings. The van der Waals surface area contributed by atoms with Crippen molar-refractivity contribution in [3.05, 3.63) is 17.5 Å². The Morgan fingerprint density at radius 1 is 1.32 bits per heavy atom. The molecule has 6 nitrogen and oxygen atoms in total. The van der Waals surface area contributed by atoms with Gasteiger partial charge in [-0.2, -0.15) is 0 Å². The number of hydrogen-bond acceptors (Lipinski definition) is 5. The van der Waals surface area contributed by atoms with Crippen LogP contribution in [0.2, 0.25) is 0 Å². The minimum Gasteiger partial charge on any atom is -0.360 e. The van der Waals surface area contributed by atoms with Gasteiger partial charge in [-0.25, -0.2) is 0 Å². The number of amides is 1. The van der Waals surface area contributed by atoms with Crippen molar-refractivity contribution in [1.82, 2.24) is 19.9 Å². The summed E-state index contributed by atoms with van der Waals surface area (Å²) in [5.41, 5.74) is 0.944. The predicted octanol–water partition coefficient (Wildman–Crippen LogP) is 0.967. The molecule has 2 fully saturated rings. The standard InChI is InChI=1S/C16H26N4O2/c1-12-9-18(10-15-8-13(2)17-22-15)11-16(12)20-6-4-19(5-7-20)14(3)21/h8,12,16H,4-7,9-11H2,1-3H3/t12-,16-/m1/s1. The van der Waals surface area contributed by atoms with E-state index in [4.69, 9.17) is 4.52 Å². The van der Waals surface area contributed by atoms with Gasteiger partial charge in [-0.3, -0.25) is 14.6 Å². The highest BCUT2D eigenvalue weighted by molar-refractivity contribution is 5.73. The fourth-order valence-electron chi connectivity index (χ4n) is 3.73. The fourth-order valence-corrected chi connectivity index (χ4v) is 3.73. The summed E-state index contributed by atoms with van der Waals surface area (Å²) in [6.07, 6.45) is 0. The molecule has 2 saturated heterocycles. The first kappa shape index (κ1) is 15.5. The van der Waals surface area contributed by atoms with Crippen molar-refractivity contribution in [2.24, 2.45) is 5.92 Å². The molecule has 6 heteroatoms. The molecule has 0 saturated carbocycles. The Hall–Kier alpha value is -1.40. The van der Waals surface area contributed by atoms with E-state index in [1.165, 1.54) is 0 Å². The molecule has 22 heavy (non-hydrogen) atoms. The largest absolute Gasteiger partial charge is 0.360 e. The molecule has 3 rings (SSSR count). The van der Waals surface area contributed by atoms with E-state index < -0.39 is 0 Å². The number of rotatable bonds is 3. The molecule has 2 aliphatic rings. The molecule has 1 aromatic heterocycles. The van der Waals surface area contributed by atoms with Crippen LogP contribution in [-0.4, -0.2) is 71.1 Å². The zero-order valence-electron chi connectivity index (χ0n) is 13.8. The van der Waals surface area contributed by atoms with Gasteiger partial charge in [0.25, 0.3) is 0 Å². The summed E-state index contributed by atoms with van der Waals surface area (Å²) in [6.45, 7) is 12.7. The number of nitrogens with zero attached hydrogens (tertiary/aromatic N) is 4. The first-order valence-corrected chi connectivity index (χ1v) is 8.17. The van der Waals surface area contributed by atoms with Crippen LogP contribution in [0.1, 0.15) is 25.3 Å². The van der Waals surface area contributed by atoms with Crippen LogP contribution < -0.4 is 0 Å². The quantitative estimate of drug-likeness (QED) is 0.833. The number of carbonyl (C=O) groups excluding carboxylic acids is 1. The number of likely N-dealkylation sites (tertiary alicyclic amines) is 1. The number of carbonyl (C=O) groups is 1. The Labute approximate surface area is 132 Å². The van der Waals surface area contributed by atoms with E-state index in [1.807, 2.05) is 17.9 Å². The molecule has 2 aliphatic heterocycles. The molecular weight excluding hydrogens is 280 g/mol. The smallest absolute Gasteiger partial charge is 0.219 e. The van der Waals surface area contributed by atoms with Gasteiger partial charge in [-0.15, -0.1) is 0 Å². The second-order valence-corrected chi connectivity index (χ2v) is 6.72. The van der Waals surface area contributed by atoms with Crippen LogP contribution in [0.25, 0.3) is 0 Å². The van der Waals surface area contributed by atoms with Gasteiger partial charge >= 0.3 is 0 Å². The van der Waals surface area contributed by atoms with Crippen molar-refractivity contribution in [3.8, 4) is 0 Å². The van der Waals surface area contributed by atoms with Crippen molar-refractivity contribution in [3.63, 3.8) is 0 Å². The summed E-state index contributed by atoms with van der Waals surface area (Å²) in [5, 5.41) is 3.96. The van der Waals surface area contributed by atoms with Crippen LogP contribution >= 0.6 is 0 Å². The molecule has 122 valence electrons. The summed E-state index contributed by atoms with van der Waals surface area (Å²) >= 11 is 0. The Balaban J connectivity index is 1.54. The summed E-state index contributed by atoms with van der Waals surface area (Å²) < 4.78 is 5.33. The fraction of sp³-hybridized carbons (Fsp3) is 0.750. The zero-order chi connectivity index (χ0) is 15.7. The van der Waals surface area contributed by atoms with Gasteiger partial charge < -0.3 is 9.42 Å². The van der Waals surface area contributed by atoms with E-state index in [9.17, 15) is 4.79 Å². The molecule has 0 aromatic carbocycles. The molecule has 0 radical (unpaired) electrons. The normalized spacial score (nSPS) is 27.5. The Kier molecular flexibility index (Phi) is 4.49. The highest BCUT2D eigenvalue weighted by Crippen LogP contribution is 2.24. The SMILES string of the molecule is CC(=O)N1CCN([C@@H]2CN(Cc3cc(C)no3)C[C@H]2C)CC1. The molecule has 1 amide bonds. The first-order valence-electron chi connectivity index (χ1n) is 8.17. The van der Waals surface area contributed by atoms with Crippen LogP contribution in [-0.2, 0) is 11.3 Å². The topological polar surface area (TPSA) is 52.8 Å². The minimum absolute atomic E-state index is 0.196. The van der Waals surface area contributed by atoms with Gasteiger partial charge in [0, 0.05) is 58.3 Å². The lowest BCUT2D eigenvalue weighted by molar-refractivity contribution is -0.130. The summed E-state index contributed by atoms with van der Waals surface area (Å²) in [6, 6.07) is 2.60. The lowest BCUT2D eigenvalue weighted by atomic mass is 10.0. The average Bonchev–Trinajstić information content (AvgIpc) is 3.05. The van der Waals surface area contributed by atoms with E-state index in [0.29, 0.717) is 12.0 Å².